The van der Waals surface area contributed by atoms with E-state index in [1.807, 2.05) is 0 Å². The molecule has 13 heavy (non-hydrogen) atoms. The molecule has 0 heterocycles. The summed E-state index contributed by atoms with van der Waals surface area (Å²) in [6.45, 7) is 0. The van der Waals surface area contributed by atoms with Crippen LogP contribution in [-0.2, 0) is 0 Å². The molecule has 0 aliphatic rings. The highest BCUT2D eigenvalue weighted by Gasteiger charge is 2.12. The van der Waals surface area contributed by atoms with Crippen molar-refractivity contribution in [2.75, 3.05) is 0 Å². The molecule has 0 radical (unpaired) electrons. The molecule has 0 saturated heterocycles. The summed E-state index contributed by atoms with van der Waals surface area (Å²) in [6, 6.07) is 1.03. The van der Waals surface area contributed by atoms with Gasteiger partial charge in [0, 0.05) is 23.7 Å². The summed E-state index contributed by atoms with van der Waals surface area (Å²) in [5.41, 5.74) is -1.26. The summed E-state index contributed by atoms with van der Waals surface area (Å²) in [4.78, 5) is 10.1. The van der Waals surface area contributed by atoms with E-state index >= 15 is 0 Å². The van der Waals surface area contributed by atoms with Gasteiger partial charge in [-0.25, -0.2) is 18.0 Å². The van der Waals surface area contributed by atoms with Crippen LogP contribution in [0.5, 0.6) is 5.75 Å². The minimum atomic E-state index is -1.63. The van der Waals surface area contributed by atoms with Gasteiger partial charge in [-0.1, -0.05) is 0 Å². The Bertz CT molecular complexity index is 331. The van der Waals surface area contributed by atoms with Crippen molar-refractivity contribution >= 4 is 17.0 Å². The second-order valence-corrected chi connectivity index (χ2v) is 2.35. The first-order valence-electron chi connectivity index (χ1n) is 3.02. The number of ether oxygens (including phenoxy) is 1. The molecule has 0 aliphatic heterocycles. The fraction of sp³-hybridized carbons (Fsp3) is 0. The Hall–Kier alpha value is -1.23. The summed E-state index contributed by atoms with van der Waals surface area (Å²) in [6.07, 6.45) is 0. The van der Waals surface area contributed by atoms with Crippen LogP contribution in [0.25, 0.3) is 0 Å². The number of benzene rings is 1. The van der Waals surface area contributed by atoms with Gasteiger partial charge in [0.25, 0.3) is 0 Å². The van der Waals surface area contributed by atoms with Crippen LogP contribution in [-0.4, -0.2) is 5.43 Å². The Morgan fingerprint density at radius 3 is 2.08 bits per heavy atom. The number of carbonyl (C=O) groups excluding carboxylic acids is 1. The number of rotatable bonds is 1. The van der Waals surface area contributed by atoms with E-state index in [2.05, 4.69) is 4.74 Å². The third-order valence-electron chi connectivity index (χ3n) is 1.16. The Morgan fingerprint density at radius 2 is 1.69 bits per heavy atom. The Labute approximate surface area is 75.9 Å². The maximum absolute atomic E-state index is 12.4. The largest absolute Gasteiger partial charge is 0.414 e. The van der Waals surface area contributed by atoms with Gasteiger partial charge < -0.3 is 4.74 Å². The van der Waals surface area contributed by atoms with Crippen molar-refractivity contribution in [1.29, 1.82) is 0 Å². The molecule has 0 saturated carbocycles. The summed E-state index contributed by atoms with van der Waals surface area (Å²) >= 11 is 4.76. The smallest absolute Gasteiger partial charge is 0.409 e. The molecule has 0 amide bonds. The van der Waals surface area contributed by atoms with E-state index in [0.29, 0.717) is 12.1 Å². The standard InChI is InChI=1S/C7H2ClF3O2/c8-7(12)13-3-1-4(9)6(11)5(10)2-3/h1-2H. The third kappa shape index (κ3) is 2.35. The summed E-state index contributed by atoms with van der Waals surface area (Å²) in [7, 11) is 0. The maximum Gasteiger partial charge on any atom is 0.409 e. The summed E-state index contributed by atoms with van der Waals surface area (Å²) < 4.78 is 41.3. The van der Waals surface area contributed by atoms with E-state index in [0.717, 1.165) is 0 Å². The van der Waals surface area contributed by atoms with Gasteiger partial charge in [-0.2, -0.15) is 0 Å². The van der Waals surface area contributed by atoms with E-state index in [1.165, 1.54) is 0 Å². The lowest BCUT2D eigenvalue weighted by Gasteiger charge is -2.00. The fourth-order valence-corrected chi connectivity index (χ4v) is 0.773. The molecule has 0 fully saturated rings. The zero-order chi connectivity index (χ0) is 10.0. The van der Waals surface area contributed by atoms with Crippen molar-refractivity contribution in [3.8, 4) is 5.75 Å². The van der Waals surface area contributed by atoms with Gasteiger partial charge in [0.15, 0.2) is 17.5 Å². The van der Waals surface area contributed by atoms with Crippen molar-refractivity contribution in [3.05, 3.63) is 29.6 Å². The number of hydrogen-bond acceptors (Lipinski definition) is 2. The molecule has 0 N–H and O–H groups in total. The predicted molar refractivity (Wildman–Crippen MR) is 38.2 cm³/mol. The van der Waals surface area contributed by atoms with Crippen molar-refractivity contribution in [3.63, 3.8) is 0 Å². The highest BCUT2D eigenvalue weighted by atomic mass is 35.5. The van der Waals surface area contributed by atoms with E-state index in [4.69, 9.17) is 11.6 Å². The first kappa shape index (κ1) is 9.85. The molecular weight excluding hydrogens is 209 g/mol. The predicted octanol–water partition coefficient (Wildman–Crippen LogP) is 2.84. The van der Waals surface area contributed by atoms with Crippen LogP contribution in [0.15, 0.2) is 12.1 Å². The molecule has 0 bridgehead atoms. The number of halogens is 4. The van der Waals surface area contributed by atoms with E-state index < -0.39 is 28.6 Å². The summed E-state index contributed by atoms with van der Waals surface area (Å²) in [5, 5.41) is 0. The van der Waals surface area contributed by atoms with Gasteiger partial charge in [0.05, 0.1) is 0 Å². The summed E-state index contributed by atoms with van der Waals surface area (Å²) in [5.74, 6) is -5.02. The van der Waals surface area contributed by atoms with Crippen molar-refractivity contribution in [2.45, 2.75) is 0 Å². The van der Waals surface area contributed by atoms with Crippen molar-refractivity contribution in [1.82, 2.24) is 0 Å². The minimum Gasteiger partial charge on any atom is -0.414 e. The topological polar surface area (TPSA) is 26.3 Å². The Morgan fingerprint density at radius 1 is 1.23 bits per heavy atom. The molecule has 1 aromatic rings. The minimum absolute atomic E-state index is 0.489. The fourth-order valence-electron chi connectivity index (χ4n) is 0.684. The van der Waals surface area contributed by atoms with Crippen LogP contribution in [0.3, 0.4) is 0 Å². The van der Waals surface area contributed by atoms with Crippen LogP contribution in [0.2, 0.25) is 0 Å². The normalized spacial score (nSPS) is 9.85. The highest BCUT2D eigenvalue weighted by Crippen LogP contribution is 2.19. The Kier molecular flexibility index (Phi) is 2.77. The molecule has 0 spiro atoms. The average Bonchev–Trinajstić information content (AvgIpc) is 1.98. The molecule has 70 valence electrons. The van der Waals surface area contributed by atoms with Gasteiger partial charge in [-0.05, 0) is 0 Å². The quantitative estimate of drug-likeness (QED) is 0.526. The van der Waals surface area contributed by atoms with Gasteiger partial charge in [0.1, 0.15) is 5.75 Å². The second-order valence-electron chi connectivity index (χ2n) is 2.04. The van der Waals surface area contributed by atoms with Crippen LogP contribution in [0.4, 0.5) is 18.0 Å². The zero-order valence-electron chi connectivity index (χ0n) is 5.98. The van der Waals surface area contributed by atoms with Gasteiger partial charge in [0.2, 0.25) is 0 Å². The van der Waals surface area contributed by atoms with Crippen LogP contribution in [0.1, 0.15) is 0 Å². The molecular formula is C7H2ClF3O2. The van der Waals surface area contributed by atoms with E-state index in [9.17, 15) is 18.0 Å². The van der Waals surface area contributed by atoms with E-state index in [1.54, 1.807) is 0 Å². The van der Waals surface area contributed by atoms with E-state index in [-0.39, 0.29) is 0 Å². The monoisotopic (exact) mass is 210 g/mol. The average molecular weight is 211 g/mol. The molecule has 6 heteroatoms. The van der Waals surface area contributed by atoms with Gasteiger partial charge >= 0.3 is 5.43 Å². The number of carbonyl (C=O) groups is 1. The molecule has 0 aliphatic carbocycles. The second kappa shape index (κ2) is 3.66. The molecule has 1 aromatic carbocycles. The molecule has 2 nitrogen and oxygen atoms in total. The zero-order valence-corrected chi connectivity index (χ0v) is 6.74. The third-order valence-corrected chi connectivity index (χ3v) is 1.23. The lowest BCUT2D eigenvalue weighted by Crippen LogP contribution is -1.99. The van der Waals surface area contributed by atoms with Crippen LogP contribution in [0, 0.1) is 17.5 Å². The van der Waals surface area contributed by atoms with Crippen molar-refractivity contribution < 1.29 is 22.7 Å². The van der Waals surface area contributed by atoms with Crippen molar-refractivity contribution in [2.24, 2.45) is 0 Å². The highest BCUT2D eigenvalue weighted by molar-refractivity contribution is 6.61. The molecule has 1 rings (SSSR count). The van der Waals surface area contributed by atoms with Gasteiger partial charge in [-0.15, -0.1) is 0 Å². The first-order chi connectivity index (χ1) is 6.00. The Balaban J connectivity index is 3.06. The van der Waals surface area contributed by atoms with Crippen LogP contribution >= 0.6 is 11.6 Å². The maximum atomic E-state index is 12.4. The lowest BCUT2D eigenvalue weighted by atomic mass is 10.3. The SMILES string of the molecule is O=C(Cl)Oc1cc(F)c(F)c(F)c1. The number of hydrogen-bond donors (Lipinski definition) is 0. The molecule has 0 atom stereocenters. The molecule has 0 unspecified atom stereocenters. The lowest BCUT2D eigenvalue weighted by molar-refractivity contribution is 0.225. The first-order valence-corrected chi connectivity index (χ1v) is 3.40. The molecule has 0 aromatic heterocycles. The van der Waals surface area contributed by atoms with Crippen LogP contribution < -0.4 is 4.74 Å². The van der Waals surface area contributed by atoms with Gasteiger partial charge in [-0.3, -0.25) is 0 Å².